The van der Waals surface area contributed by atoms with Gasteiger partial charge < -0.3 is 9.80 Å². The summed E-state index contributed by atoms with van der Waals surface area (Å²) in [5.74, 6) is 0.695. The molecule has 1 fully saturated rings. The molecule has 0 bridgehead atoms. The summed E-state index contributed by atoms with van der Waals surface area (Å²) in [6, 6.07) is 0. The number of likely N-dealkylation sites (tertiary alicyclic amines) is 1. The molecule has 1 atom stereocenters. The zero-order valence-corrected chi connectivity index (χ0v) is 15.2. The number of hydrogen-bond donors (Lipinski definition) is 0. The first-order chi connectivity index (χ1) is 10.7. The van der Waals surface area contributed by atoms with E-state index >= 15 is 0 Å². The van der Waals surface area contributed by atoms with Crippen LogP contribution >= 0.6 is 0 Å². The Labute approximate surface area is 139 Å². The summed E-state index contributed by atoms with van der Waals surface area (Å²) in [7, 11) is 2.12. The normalized spacial score (nSPS) is 19.0. The van der Waals surface area contributed by atoms with Gasteiger partial charge in [0.1, 0.15) is 0 Å². The van der Waals surface area contributed by atoms with Crippen LogP contribution in [-0.2, 0) is 17.9 Å². The Balaban J connectivity index is 1.92. The van der Waals surface area contributed by atoms with Gasteiger partial charge in [-0.2, -0.15) is 5.10 Å². The van der Waals surface area contributed by atoms with Crippen LogP contribution in [0.5, 0.6) is 0 Å². The highest BCUT2D eigenvalue weighted by molar-refractivity contribution is 5.79. The number of carbonyl (C=O) groups excluding carboxylic acids is 1. The number of allylic oxidation sites excluding steroid dienone is 1. The van der Waals surface area contributed by atoms with Crippen molar-refractivity contribution < 1.29 is 4.79 Å². The minimum Gasteiger partial charge on any atom is -0.338 e. The molecule has 23 heavy (non-hydrogen) atoms. The number of rotatable bonds is 6. The third-order valence-electron chi connectivity index (χ3n) is 4.39. The second kappa shape index (κ2) is 6.87. The highest BCUT2D eigenvalue weighted by Crippen LogP contribution is 2.26. The number of aromatic nitrogens is 2. The first kappa shape index (κ1) is 17.7. The van der Waals surface area contributed by atoms with Crippen molar-refractivity contribution >= 4 is 5.91 Å². The molecule has 1 saturated heterocycles. The van der Waals surface area contributed by atoms with Crippen molar-refractivity contribution in [1.29, 1.82) is 0 Å². The number of aryl methyl sites for hydroxylation is 1. The molecule has 0 radical (unpaired) electrons. The second-order valence-electron chi connectivity index (χ2n) is 7.69. The van der Waals surface area contributed by atoms with Crippen LogP contribution in [-0.4, -0.2) is 51.2 Å². The minimum absolute atomic E-state index is 0.0766. The van der Waals surface area contributed by atoms with Crippen LogP contribution in [0, 0.1) is 12.8 Å². The largest absolute Gasteiger partial charge is 0.338 e. The quantitative estimate of drug-likeness (QED) is 0.757. The highest BCUT2D eigenvalue weighted by Gasteiger charge is 2.36. The number of hydrogen-bond acceptors (Lipinski definition) is 3. The Bertz CT molecular complexity index is 570. The lowest BCUT2D eigenvalue weighted by Gasteiger charge is -2.32. The van der Waals surface area contributed by atoms with Crippen LogP contribution in [0.1, 0.15) is 38.4 Å². The third-order valence-corrected chi connectivity index (χ3v) is 4.39. The molecule has 0 spiro atoms. The Hall–Kier alpha value is -1.62. The van der Waals surface area contributed by atoms with Crippen LogP contribution in [0.25, 0.3) is 0 Å². The molecular formula is C18H30N4O. The van der Waals surface area contributed by atoms with Gasteiger partial charge in [-0.25, -0.2) is 0 Å². The van der Waals surface area contributed by atoms with Crippen LogP contribution < -0.4 is 0 Å². The molecule has 2 rings (SSSR count). The summed E-state index contributed by atoms with van der Waals surface area (Å²) < 4.78 is 1.92. The van der Waals surface area contributed by atoms with E-state index in [0.717, 1.165) is 31.9 Å². The molecule has 1 aromatic rings. The first-order valence-electron chi connectivity index (χ1n) is 8.33. The average molecular weight is 318 g/mol. The molecule has 2 heterocycles. The van der Waals surface area contributed by atoms with Gasteiger partial charge in [0, 0.05) is 43.4 Å². The highest BCUT2D eigenvalue weighted by atomic mass is 16.2. The molecule has 1 aliphatic heterocycles. The molecule has 5 heteroatoms. The predicted octanol–water partition coefficient (Wildman–Crippen LogP) is 2.46. The van der Waals surface area contributed by atoms with E-state index in [1.54, 1.807) is 0 Å². The van der Waals surface area contributed by atoms with Gasteiger partial charge in [0.05, 0.1) is 12.2 Å². The molecular weight excluding hydrogens is 288 g/mol. The molecule has 1 aromatic heterocycles. The molecule has 0 aliphatic carbocycles. The number of carbonyl (C=O) groups is 1. The van der Waals surface area contributed by atoms with Crippen molar-refractivity contribution in [2.45, 2.75) is 52.7 Å². The van der Waals surface area contributed by atoms with E-state index in [1.807, 2.05) is 22.6 Å². The SMILES string of the molecule is C=CCn1cc(CN(C)CC2CC(=O)N(C(C)(C)C)C2)c(C)n1. The maximum absolute atomic E-state index is 12.2. The Kier molecular flexibility index (Phi) is 5.30. The topological polar surface area (TPSA) is 41.4 Å². The third kappa shape index (κ3) is 4.44. The van der Waals surface area contributed by atoms with Gasteiger partial charge >= 0.3 is 0 Å². The Morgan fingerprint density at radius 1 is 1.48 bits per heavy atom. The van der Waals surface area contributed by atoms with Gasteiger partial charge in [-0.1, -0.05) is 6.08 Å². The first-order valence-corrected chi connectivity index (χ1v) is 8.33. The zero-order chi connectivity index (χ0) is 17.2. The summed E-state index contributed by atoms with van der Waals surface area (Å²) in [5.41, 5.74) is 2.23. The monoisotopic (exact) mass is 318 g/mol. The van der Waals surface area contributed by atoms with Crippen LogP contribution in [0.2, 0.25) is 0 Å². The fourth-order valence-electron chi connectivity index (χ4n) is 3.29. The lowest BCUT2D eigenvalue weighted by molar-refractivity contribution is -0.131. The van der Waals surface area contributed by atoms with Crippen molar-refractivity contribution in [2.24, 2.45) is 5.92 Å². The van der Waals surface area contributed by atoms with Crippen molar-refractivity contribution in [1.82, 2.24) is 19.6 Å². The van der Waals surface area contributed by atoms with Crippen LogP contribution in [0.3, 0.4) is 0 Å². The molecule has 1 amide bonds. The van der Waals surface area contributed by atoms with E-state index in [0.29, 0.717) is 12.3 Å². The number of amides is 1. The lowest BCUT2D eigenvalue weighted by atomic mass is 10.1. The maximum Gasteiger partial charge on any atom is 0.223 e. The predicted molar refractivity (Wildman–Crippen MR) is 93.1 cm³/mol. The molecule has 1 aliphatic rings. The van der Waals surface area contributed by atoms with Gasteiger partial charge in [-0.15, -0.1) is 6.58 Å². The molecule has 128 valence electrons. The van der Waals surface area contributed by atoms with Gasteiger partial charge in [-0.05, 0) is 40.7 Å². The van der Waals surface area contributed by atoms with E-state index in [2.05, 4.69) is 50.6 Å². The Morgan fingerprint density at radius 3 is 2.74 bits per heavy atom. The molecule has 0 saturated carbocycles. The van der Waals surface area contributed by atoms with Gasteiger partial charge in [-0.3, -0.25) is 9.48 Å². The van der Waals surface area contributed by atoms with Gasteiger partial charge in [0.2, 0.25) is 5.91 Å². The van der Waals surface area contributed by atoms with Crippen LogP contribution in [0.15, 0.2) is 18.9 Å². The number of nitrogens with zero attached hydrogens (tertiary/aromatic N) is 4. The summed E-state index contributed by atoms with van der Waals surface area (Å²) in [4.78, 5) is 16.5. The molecule has 0 N–H and O–H groups in total. The van der Waals surface area contributed by atoms with Gasteiger partial charge in [0.25, 0.3) is 0 Å². The summed E-state index contributed by atoms with van der Waals surface area (Å²) in [6.45, 7) is 15.5. The molecule has 0 aromatic carbocycles. The van der Waals surface area contributed by atoms with Crippen molar-refractivity contribution in [3.63, 3.8) is 0 Å². The van der Waals surface area contributed by atoms with Crippen molar-refractivity contribution in [3.8, 4) is 0 Å². The fraction of sp³-hybridized carbons (Fsp3) is 0.667. The van der Waals surface area contributed by atoms with E-state index in [-0.39, 0.29) is 11.4 Å². The van der Waals surface area contributed by atoms with Crippen molar-refractivity contribution in [3.05, 3.63) is 30.1 Å². The maximum atomic E-state index is 12.2. The fourth-order valence-corrected chi connectivity index (χ4v) is 3.29. The molecule has 1 unspecified atom stereocenters. The zero-order valence-electron chi connectivity index (χ0n) is 15.2. The second-order valence-corrected chi connectivity index (χ2v) is 7.69. The lowest BCUT2D eigenvalue weighted by Crippen LogP contribution is -2.42. The van der Waals surface area contributed by atoms with E-state index in [1.165, 1.54) is 5.56 Å². The molecule has 5 nitrogen and oxygen atoms in total. The Morgan fingerprint density at radius 2 is 2.17 bits per heavy atom. The summed E-state index contributed by atoms with van der Waals surface area (Å²) >= 11 is 0. The summed E-state index contributed by atoms with van der Waals surface area (Å²) in [5, 5.41) is 4.50. The van der Waals surface area contributed by atoms with Crippen molar-refractivity contribution in [2.75, 3.05) is 20.1 Å². The van der Waals surface area contributed by atoms with E-state index in [9.17, 15) is 4.79 Å². The summed E-state index contributed by atoms with van der Waals surface area (Å²) in [6.07, 6.45) is 4.61. The average Bonchev–Trinajstić information content (AvgIpc) is 2.93. The smallest absolute Gasteiger partial charge is 0.223 e. The minimum atomic E-state index is -0.0766. The van der Waals surface area contributed by atoms with Gasteiger partial charge in [0.15, 0.2) is 0 Å². The van der Waals surface area contributed by atoms with E-state index in [4.69, 9.17) is 0 Å². The standard InChI is InChI=1S/C18H30N4O/c1-7-8-21-13-16(14(2)19-21)12-20(6)10-15-9-17(23)22(11-15)18(3,4)5/h7,13,15H,1,8-12H2,2-6H3. The van der Waals surface area contributed by atoms with Crippen LogP contribution in [0.4, 0.5) is 0 Å². The van der Waals surface area contributed by atoms with E-state index < -0.39 is 0 Å².